The molecule has 0 aromatic rings. The molecular weight excluding hydrogens is 632 g/mol. The maximum Gasteiger partial charge on any atom is 0.320 e. The second kappa shape index (κ2) is 22.0. The summed E-state index contributed by atoms with van der Waals surface area (Å²) in [7, 11) is 0. The zero-order valence-corrected chi connectivity index (χ0v) is 31.7. The van der Waals surface area contributed by atoms with Crippen LogP contribution in [0.4, 0.5) is 0 Å². The Morgan fingerprint density at radius 2 is 0.898 bits per heavy atom. The fourth-order valence-corrected chi connectivity index (χ4v) is 5.07. The number of esters is 3. The molecule has 1 rings (SSSR count). The van der Waals surface area contributed by atoms with E-state index in [0.717, 1.165) is 25.7 Å². The van der Waals surface area contributed by atoms with Gasteiger partial charge in [-0.1, -0.05) is 18.0 Å². The van der Waals surface area contributed by atoms with Crippen molar-refractivity contribution in [1.29, 1.82) is 0 Å². The number of nitrogens with zero attached hydrogens (tertiary/aromatic N) is 7. The third kappa shape index (κ3) is 24.8. The lowest BCUT2D eigenvalue weighted by molar-refractivity contribution is -0.158. The van der Waals surface area contributed by atoms with E-state index in [4.69, 9.17) is 19.7 Å². The molecule has 1 aliphatic rings. The van der Waals surface area contributed by atoms with Crippen LogP contribution < -0.4 is 5.32 Å². The second-order valence-corrected chi connectivity index (χ2v) is 15.6. The highest BCUT2D eigenvalue weighted by molar-refractivity contribution is 5.78. The molecule has 1 amide bonds. The number of azide groups is 1. The van der Waals surface area contributed by atoms with Gasteiger partial charge in [0.25, 0.3) is 0 Å². The molecule has 1 fully saturated rings. The topological polar surface area (TPSA) is 170 Å². The third-order valence-electron chi connectivity index (χ3n) is 7.19. The maximum atomic E-state index is 13.0. The second-order valence-electron chi connectivity index (χ2n) is 15.6. The first kappa shape index (κ1) is 44.1. The Balaban J connectivity index is 3.10. The summed E-state index contributed by atoms with van der Waals surface area (Å²) in [6.45, 7) is 21.8. The molecule has 15 nitrogen and oxygen atoms in total. The number of amides is 1. The standard InChI is InChI=1S/C34H64N8O7/c1-32(2,3)47-29(44)25-40-18-16-39(24-28(43)36-14-12-10-11-13-15-37-38-35)17-19-41(26-30(45)48-33(4,5)6)21-23-42(22-20-40)27-31(46)49-34(7,8)9/h10-27H2,1-9H3,(H,36,43). The van der Waals surface area contributed by atoms with Crippen LogP contribution in [0, 0.1) is 0 Å². The lowest BCUT2D eigenvalue weighted by atomic mass is 10.2. The number of ether oxygens (including phenoxy) is 3. The number of carbonyl (C=O) groups excluding carboxylic acids is 4. The lowest BCUT2D eigenvalue weighted by Crippen LogP contribution is -2.50. The molecule has 0 aliphatic carbocycles. The van der Waals surface area contributed by atoms with Gasteiger partial charge in [0.2, 0.25) is 5.91 Å². The van der Waals surface area contributed by atoms with Crippen molar-refractivity contribution in [2.75, 3.05) is 91.6 Å². The average Bonchev–Trinajstić information content (AvgIpc) is 2.92. The van der Waals surface area contributed by atoms with Gasteiger partial charge in [0.1, 0.15) is 16.8 Å². The molecule has 0 aromatic heterocycles. The molecule has 15 heteroatoms. The summed E-state index contributed by atoms with van der Waals surface area (Å²) in [6.07, 6.45) is 3.51. The Hall–Kier alpha value is -2.97. The summed E-state index contributed by atoms with van der Waals surface area (Å²) in [6, 6.07) is 0. The first-order chi connectivity index (χ1) is 22.7. The molecule has 1 N–H and O–H groups in total. The van der Waals surface area contributed by atoms with Gasteiger partial charge in [0.15, 0.2) is 0 Å². The Labute approximate surface area is 293 Å². The molecule has 49 heavy (non-hydrogen) atoms. The molecule has 0 aromatic carbocycles. The van der Waals surface area contributed by atoms with E-state index in [-0.39, 0.29) is 50.0 Å². The summed E-state index contributed by atoms with van der Waals surface area (Å²) in [4.78, 5) is 62.4. The Kier molecular flexibility index (Phi) is 19.8. The van der Waals surface area contributed by atoms with Gasteiger partial charge in [-0.05, 0) is 80.7 Å². The Morgan fingerprint density at radius 3 is 1.22 bits per heavy atom. The van der Waals surface area contributed by atoms with Crippen LogP contribution >= 0.6 is 0 Å². The molecule has 1 aliphatic heterocycles. The first-order valence-corrected chi connectivity index (χ1v) is 17.6. The Morgan fingerprint density at radius 1 is 0.571 bits per heavy atom. The molecular formula is C34H64N8O7. The molecule has 0 spiro atoms. The highest BCUT2D eigenvalue weighted by Gasteiger charge is 2.26. The lowest BCUT2D eigenvalue weighted by Gasteiger charge is -2.34. The van der Waals surface area contributed by atoms with Gasteiger partial charge in [0.05, 0.1) is 26.2 Å². The maximum absolute atomic E-state index is 13.0. The molecule has 0 bridgehead atoms. The van der Waals surface area contributed by atoms with E-state index in [9.17, 15) is 19.2 Å². The van der Waals surface area contributed by atoms with Crippen molar-refractivity contribution in [2.24, 2.45) is 5.11 Å². The number of carbonyl (C=O) groups is 4. The van der Waals surface area contributed by atoms with Crippen molar-refractivity contribution in [3.05, 3.63) is 10.4 Å². The quantitative estimate of drug-likeness (QED) is 0.0666. The summed E-state index contributed by atoms with van der Waals surface area (Å²) in [5, 5.41) is 6.55. The smallest absolute Gasteiger partial charge is 0.320 e. The zero-order valence-electron chi connectivity index (χ0n) is 31.7. The average molecular weight is 697 g/mol. The van der Waals surface area contributed by atoms with Gasteiger partial charge in [-0.25, -0.2) is 0 Å². The van der Waals surface area contributed by atoms with Crippen LogP contribution in [0.15, 0.2) is 5.11 Å². The van der Waals surface area contributed by atoms with E-state index in [0.29, 0.717) is 65.4 Å². The molecule has 0 unspecified atom stereocenters. The summed E-state index contributed by atoms with van der Waals surface area (Å²) >= 11 is 0. The van der Waals surface area contributed by atoms with Gasteiger partial charge >= 0.3 is 17.9 Å². The molecule has 0 atom stereocenters. The largest absolute Gasteiger partial charge is 0.459 e. The van der Waals surface area contributed by atoms with Crippen LogP contribution in [0.5, 0.6) is 0 Å². The van der Waals surface area contributed by atoms with Gasteiger partial charge in [-0.3, -0.25) is 38.8 Å². The molecule has 282 valence electrons. The summed E-state index contributed by atoms with van der Waals surface area (Å²) < 4.78 is 16.8. The minimum absolute atomic E-state index is 0.0674. The molecule has 0 saturated carbocycles. The van der Waals surface area contributed by atoms with E-state index in [1.165, 1.54) is 0 Å². The SMILES string of the molecule is CC(C)(C)OC(=O)CN1CCN(CC(=O)NCCCCCCN=[N+]=[N-])CCN(CC(=O)OC(C)(C)C)CCN(CC(=O)OC(C)(C)C)CC1. The zero-order chi connectivity index (χ0) is 37.1. The van der Waals surface area contributed by atoms with Crippen LogP contribution in [-0.2, 0) is 33.4 Å². The van der Waals surface area contributed by atoms with E-state index < -0.39 is 16.8 Å². The van der Waals surface area contributed by atoms with Crippen LogP contribution in [0.3, 0.4) is 0 Å². The van der Waals surface area contributed by atoms with E-state index in [1.54, 1.807) is 0 Å². The predicted octanol–water partition coefficient (Wildman–Crippen LogP) is 3.22. The van der Waals surface area contributed by atoms with Crippen LogP contribution in [0.1, 0.15) is 88.0 Å². The van der Waals surface area contributed by atoms with E-state index in [1.807, 2.05) is 81.9 Å². The number of unbranched alkanes of at least 4 members (excludes halogenated alkanes) is 3. The Bertz CT molecular complexity index is 1030. The highest BCUT2D eigenvalue weighted by atomic mass is 16.6. The minimum atomic E-state index is -0.626. The van der Waals surface area contributed by atoms with Crippen molar-refractivity contribution in [3.8, 4) is 0 Å². The number of rotatable bonds is 15. The van der Waals surface area contributed by atoms with Crippen LogP contribution in [0.25, 0.3) is 10.4 Å². The highest BCUT2D eigenvalue weighted by Crippen LogP contribution is 2.11. The summed E-state index contributed by atoms with van der Waals surface area (Å²) in [5.74, 6) is -1.12. The molecule has 0 radical (unpaired) electrons. The molecule has 1 saturated heterocycles. The molecule has 1 heterocycles. The van der Waals surface area contributed by atoms with Gasteiger partial charge in [-0.2, -0.15) is 0 Å². The van der Waals surface area contributed by atoms with E-state index >= 15 is 0 Å². The number of nitrogens with one attached hydrogen (secondary N) is 1. The summed E-state index contributed by atoms with van der Waals surface area (Å²) in [5.41, 5.74) is 6.51. The van der Waals surface area contributed by atoms with Crippen molar-refractivity contribution in [2.45, 2.75) is 105 Å². The van der Waals surface area contributed by atoms with Crippen molar-refractivity contribution >= 4 is 23.8 Å². The fourth-order valence-electron chi connectivity index (χ4n) is 5.07. The number of hydrogen-bond acceptors (Lipinski definition) is 12. The van der Waals surface area contributed by atoms with Gasteiger partial charge < -0.3 is 19.5 Å². The van der Waals surface area contributed by atoms with Crippen molar-refractivity contribution < 1.29 is 33.4 Å². The normalized spacial score (nSPS) is 16.8. The van der Waals surface area contributed by atoms with Gasteiger partial charge in [0, 0.05) is 70.4 Å². The predicted molar refractivity (Wildman–Crippen MR) is 189 cm³/mol. The third-order valence-corrected chi connectivity index (χ3v) is 7.19. The number of hydrogen-bond donors (Lipinski definition) is 1. The van der Waals surface area contributed by atoms with Crippen LogP contribution in [-0.4, -0.2) is 152 Å². The van der Waals surface area contributed by atoms with Crippen molar-refractivity contribution in [3.63, 3.8) is 0 Å². The first-order valence-electron chi connectivity index (χ1n) is 17.6. The van der Waals surface area contributed by atoms with Gasteiger partial charge in [-0.15, -0.1) is 0 Å². The minimum Gasteiger partial charge on any atom is -0.459 e. The van der Waals surface area contributed by atoms with E-state index in [2.05, 4.69) is 15.3 Å². The van der Waals surface area contributed by atoms with Crippen LogP contribution in [0.2, 0.25) is 0 Å². The monoisotopic (exact) mass is 696 g/mol. The fraction of sp³-hybridized carbons (Fsp3) is 0.882. The van der Waals surface area contributed by atoms with Crippen molar-refractivity contribution in [1.82, 2.24) is 24.9 Å².